The molecule has 3 rings (SSSR count). The highest BCUT2D eigenvalue weighted by Crippen LogP contribution is 2.16. The molecule has 0 atom stereocenters. The first-order chi connectivity index (χ1) is 14.4. The molecule has 0 radical (unpaired) electrons. The molecule has 7 nitrogen and oxygen atoms in total. The van der Waals surface area contributed by atoms with E-state index in [0.717, 1.165) is 5.56 Å². The van der Waals surface area contributed by atoms with Gasteiger partial charge in [-0.15, -0.1) is 0 Å². The van der Waals surface area contributed by atoms with Gasteiger partial charge in [0, 0.05) is 23.4 Å². The molecule has 0 saturated heterocycles. The number of nitrogens with one attached hydrogen (secondary N) is 2. The number of nitro groups is 1. The molecule has 0 heterocycles. The van der Waals surface area contributed by atoms with Crippen LogP contribution < -0.4 is 10.6 Å². The van der Waals surface area contributed by atoms with Crippen LogP contribution in [0.1, 0.15) is 21.5 Å². The highest BCUT2D eigenvalue weighted by molar-refractivity contribution is 6.10. The van der Waals surface area contributed by atoms with Crippen LogP contribution in [0, 0.1) is 17.0 Å². The van der Waals surface area contributed by atoms with Crippen molar-refractivity contribution in [2.45, 2.75) is 6.92 Å². The van der Waals surface area contributed by atoms with Gasteiger partial charge in [-0.3, -0.25) is 19.7 Å². The number of aryl methyl sites for hydroxylation is 1. The summed E-state index contributed by atoms with van der Waals surface area (Å²) in [6.45, 7) is 1.90. The molecule has 30 heavy (non-hydrogen) atoms. The Bertz CT molecular complexity index is 1110. The van der Waals surface area contributed by atoms with E-state index < -0.39 is 16.7 Å². The van der Waals surface area contributed by atoms with Gasteiger partial charge < -0.3 is 10.6 Å². The average Bonchev–Trinajstić information content (AvgIpc) is 2.74. The third kappa shape index (κ3) is 5.39. The van der Waals surface area contributed by atoms with Gasteiger partial charge in [0.25, 0.3) is 17.5 Å². The molecule has 0 aliphatic carbocycles. The zero-order valence-corrected chi connectivity index (χ0v) is 16.2. The fourth-order valence-electron chi connectivity index (χ4n) is 2.72. The van der Waals surface area contributed by atoms with Crippen LogP contribution in [0.2, 0.25) is 0 Å². The number of anilines is 1. The van der Waals surface area contributed by atoms with Crippen LogP contribution in [0.15, 0.2) is 84.6 Å². The van der Waals surface area contributed by atoms with Crippen molar-refractivity contribution in [2.75, 3.05) is 5.32 Å². The summed E-state index contributed by atoms with van der Waals surface area (Å²) >= 11 is 0. The summed E-state index contributed by atoms with van der Waals surface area (Å²) in [6, 6.07) is 21.5. The number of hydrogen-bond acceptors (Lipinski definition) is 4. The normalized spacial score (nSPS) is 10.9. The van der Waals surface area contributed by atoms with Gasteiger partial charge in [0.2, 0.25) is 0 Å². The Morgan fingerprint density at radius 3 is 2.27 bits per heavy atom. The fourth-order valence-corrected chi connectivity index (χ4v) is 2.72. The van der Waals surface area contributed by atoms with Crippen molar-refractivity contribution in [1.82, 2.24) is 5.32 Å². The van der Waals surface area contributed by atoms with Crippen molar-refractivity contribution in [1.29, 1.82) is 0 Å². The smallest absolute Gasteiger partial charge is 0.272 e. The summed E-state index contributed by atoms with van der Waals surface area (Å²) in [4.78, 5) is 35.8. The highest BCUT2D eigenvalue weighted by atomic mass is 16.6. The molecule has 0 unspecified atom stereocenters. The minimum absolute atomic E-state index is 0.0132. The Kier molecular flexibility index (Phi) is 6.34. The van der Waals surface area contributed by atoms with Gasteiger partial charge in [-0.1, -0.05) is 30.3 Å². The van der Waals surface area contributed by atoms with Crippen LogP contribution in [-0.2, 0) is 4.79 Å². The van der Waals surface area contributed by atoms with Crippen molar-refractivity contribution in [2.24, 2.45) is 0 Å². The van der Waals surface area contributed by atoms with Gasteiger partial charge in [-0.25, -0.2) is 0 Å². The molecule has 3 aromatic carbocycles. The molecule has 0 spiro atoms. The summed E-state index contributed by atoms with van der Waals surface area (Å²) in [5.74, 6) is -0.952. The molecule has 0 aliphatic rings. The molecule has 0 bridgehead atoms. The van der Waals surface area contributed by atoms with Crippen LogP contribution in [0.5, 0.6) is 0 Å². The first-order valence-electron chi connectivity index (χ1n) is 9.13. The van der Waals surface area contributed by atoms with Gasteiger partial charge in [-0.05, 0) is 60.5 Å². The van der Waals surface area contributed by atoms with Crippen molar-refractivity contribution in [3.8, 4) is 0 Å². The van der Waals surface area contributed by atoms with Crippen LogP contribution in [0.3, 0.4) is 0 Å². The lowest BCUT2D eigenvalue weighted by Crippen LogP contribution is -2.30. The largest absolute Gasteiger partial charge is 0.321 e. The molecule has 2 N–H and O–H groups in total. The zero-order chi connectivity index (χ0) is 21.5. The Morgan fingerprint density at radius 1 is 0.933 bits per heavy atom. The maximum Gasteiger partial charge on any atom is 0.272 e. The van der Waals surface area contributed by atoms with Crippen LogP contribution >= 0.6 is 0 Å². The number of nitrogens with zero attached hydrogens (tertiary/aromatic N) is 1. The molecular weight excluding hydrogens is 382 g/mol. The first-order valence-corrected chi connectivity index (χ1v) is 9.13. The standard InChI is InChI=1S/C23H19N3O4/c1-16-6-5-9-19(14-16)24-23(28)21(25-22(27)18-7-3-2-4-8-18)15-17-10-12-20(13-11-17)26(29)30/h2-15H,1H3,(H,24,28)(H,25,27)/b21-15+. The lowest BCUT2D eigenvalue weighted by molar-refractivity contribution is -0.384. The number of rotatable bonds is 6. The van der Waals surface area contributed by atoms with Crippen LogP contribution in [0.25, 0.3) is 6.08 Å². The minimum atomic E-state index is -0.511. The van der Waals surface area contributed by atoms with Crippen molar-refractivity contribution < 1.29 is 14.5 Å². The van der Waals surface area contributed by atoms with Crippen molar-refractivity contribution in [3.63, 3.8) is 0 Å². The van der Waals surface area contributed by atoms with Gasteiger partial charge in [0.05, 0.1) is 4.92 Å². The topological polar surface area (TPSA) is 101 Å². The van der Waals surface area contributed by atoms with E-state index in [1.807, 2.05) is 19.1 Å². The number of nitro benzene ring substituents is 1. The second-order valence-corrected chi connectivity index (χ2v) is 6.55. The van der Waals surface area contributed by atoms with E-state index in [1.165, 1.54) is 30.3 Å². The van der Waals surface area contributed by atoms with Crippen LogP contribution in [0.4, 0.5) is 11.4 Å². The molecule has 0 fully saturated rings. The Hall–Kier alpha value is -4.26. The van der Waals surface area contributed by atoms with Gasteiger partial charge in [0.1, 0.15) is 5.70 Å². The minimum Gasteiger partial charge on any atom is -0.321 e. The van der Waals surface area contributed by atoms with Gasteiger partial charge in [0.15, 0.2) is 0 Å². The van der Waals surface area contributed by atoms with E-state index >= 15 is 0 Å². The third-order valence-corrected chi connectivity index (χ3v) is 4.22. The lowest BCUT2D eigenvalue weighted by Gasteiger charge is -2.12. The average molecular weight is 401 g/mol. The second-order valence-electron chi connectivity index (χ2n) is 6.55. The third-order valence-electron chi connectivity index (χ3n) is 4.22. The summed E-state index contributed by atoms with van der Waals surface area (Å²) in [7, 11) is 0. The molecule has 0 aliphatic heterocycles. The van der Waals surface area contributed by atoms with Gasteiger partial charge in [-0.2, -0.15) is 0 Å². The second kappa shape index (κ2) is 9.29. The van der Waals surface area contributed by atoms with Gasteiger partial charge >= 0.3 is 0 Å². The number of non-ortho nitro benzene ring substituents is 1. The highest BCUT2D eigenvalue weighted by Gasteiger charge is 2.15. The summed E-state index contributed by atoms with van der Waals surface area (Å²) < 4.78 is 0. The summed E-state index contributed by atoms with van der Waals surface area (Å²) in [6.07, 6.45) is 1.47. The van der Waals surface area contributed by atoms with Crippen molar-refractivity contribution >= 4 is 29.3 Å². The number of benzene rings is 3. The molecule has 0 aromatic heterocycles. The summed E-state index contributed by atoms with van der Waals surface area (Å²) in [5.41, 5.74) is 2.44. The predicted molar refractivity (Wildman–Crippen MR) is 115 cm³/mol. The number of carbonyl (C=O) groups is 2. The van der Waals surface area contributed by atoms with E-state index in [2.05, 4.69) is 10.6 Å². The maximum atomic E-state index is 12.9. The number of amides is 2. The van der Waals surface area contributed by atoms with E-state index in [1.54, 1.807) is 42.5 Å². The van der Waals surface area contributed by atoms with E-state index in [9.17, 15) is 19.7 Å². The Morgan fingerprint density at radius 2 is 1.63 bits per heavy atom. The zero-order valence-electron chi connectivity index (χ0n) is 16.2. The maximum absolute atomic E-state index is 12.9. The fraction of sp³-hybridized carbons (Fsp3) is 0.0435. The van der Waals surface area contributed by atoms with Crippen molar-refractivity contribution in [3.05, 3.63) is 111 Å². The Balaban J connectivity index is 1.89. The molecule has 150 valence electrons. The Labute approximate surface area is 173 Å². The summed E-state index contributed by atoms with van der Waals surface area (Å²) in [5, 5.41) is 16.2. The number of hydrogen-bond donors (Lipinski definition) is 2. The SMILES string of the molecule is Cc1cccc(NC(=O)/C(=C\c2ccc([N+](=O)[O-])cc2)NC(=O)c2ccccc2)c1. The number of carbonyl (C=O) groups excluding carboxylic acids is 2. The predicted octanol–water partition coefficient (Wildman–Crippen LogP) is 4.31. The quantitative estimate of drug-likeness (QED) is 0.365. The molecule has 7 heteroatoms. The van der Waals surface area contributed by atoms with E-state index in [4.69, 9.17) is 0 Å². The molecule has 0 saturated carbocycles. The molecular formula is C23H19N3O4. The molecule has 2 amide bonds. The van der Waals surface area contributed by atoms with E-state index in [0.29, 0.717) is 16.8 Å². The van der Waals surface area contributed by atoms with E-state index in [-0.39, 0.29) is 11.4 Å². The lowest BCUT2D eigenvalue weighted by atomic mass is 10.1. The molecule has 3 aromatic rings. The van der Waals surface area contributed by atoms with Crippen LogP contribution in [-0.4, -0.2) is 16.7 Å². The monoisotopic (exact) mass is 401 g/mol. The first kappa shape index (κ1) is 20.5.